The molecule has 5 nitrogen and oxygen atoms in total. The highest BCUT2D eigenvalue weighted by Gasteiger charge is 2.41. The van der Waals surface area contributed by atoms with Crippen LogP contribution >= 0.6 is 0 Å². The lowest BCUT2D eigenvalue weighted by atomic mass is 10.0. The van der Waals surface area contributed by atoms with Crippen molar-refractivity contribution in [3.05, 3.63) is 65.5 Å². The Balaban J connectivity index is 1.36. The van der Waals surface area contributed by atoms with Gasteiger partial charge in [-0.25, -0.2) is 0 Å². The first-order valence-electron chi connectivity index (χ1n) is 8.63. The van der Waals surface area contributed by atoms with Gasteiger partial charge in [0.25, 0.3) is 5.91 Å². The topological polar surface area (TPSA) is 60.2 Å². The molecule has 0 saturated carbocycles. The van der Waals surface area contributed by atoms with Crippen molar-refractivity contribution in [2.24, 2.45) is 11.8 Å². The van der Waals surface area contributed by atoms with E-state index in [1.54, 1.807) is 18.5 Å². The summed E-state index contributed by atoms with van der Waals surface area (Å²) < 4.78 is 0. The minimum Gasteiger partial charge on any atom is -0.338 e. The summed E-state index contributed by atoms with van der Waals surface area (Å²) in [5.74, 6) is 1.18. The smallest absolute Gasteiger partial charge is 0.255 e. The molecule has 2 fully saturated rings. The van der Waals surface area contributed by atoms with Crippen molar-refractivity contribution in [1.29, 1.82) is 5.26 Å². The van der Waals surface area contributed by atoms with Gasteiger partial charge in [0.1, 0.15) is 0 Å². The lowest BCUT2D eigenvalue weighted by molar-refractivity contribution is 0.0773. The number of nitrogens with zero attached hydrogens (tertiary/aromatic N) is 4. The zero-order valence-corrected chi connectivity index (χ0v) is 14.0. The number of nitriles is 1. The van der Waals surface area contributed by atoms with Gasteiger partial charge in [0.15, 0.2) is 0 Å². The Morgan fingerprint density at radius 2 is 1.96 bits per heavy atom. The van der Waals surface area contributed by atoms with Gasteiger partial charge < -0.3 is 4.90 Å². The third-order valence-corrected chi connectivity index (χ3v) is 5.22. The van der Waals surface area contributed by atoms with Gasteiger partial charge in [0.2, 0.25) is 0 Å². The molecule has 3 heterocycles. The fraction of sp³-hybridized carbons (Fsp3) is 0.350. The number of rotatable bonds is 3. The van der Waals surface area contributed by atoms with Gasteiger partial charge in [-0.15, -0.1) is 0 Å². The van der Waals surface area contributed by atoms with E-state index in [2.05, 4.69) is 22.0 Å². The van der Waals surface area contributed by atoms with Gasteiger partial charge >= 0.3 is 0 Å². The Hall–Kier alpha value is -2.71. The summed E-state index contributed by atoms with van der Waals surface area (Å²) in [6.45, 7) is 4.55. The molecule has 0 radical (unpaired) electrons. The second kappa shape index (κ2) is 6.66. The standard InChI is InChI=1S/C20H20N4O/c21-8-15-3-1-4-16(7-15)10-23-11-18-13-24(14-19(18)12-23)20(25)17-5-2-6-22-9-17/h1-7,9,18-19H,10-14H2/t18-,19+. The van der Waals surface area contributed by atoms with Crippen molar-refractivity contribution in [3.8, 4) is 6.07 Å². The average molecular weight is 332 g/mol. The molecule has 126 valence electrons. The van der Waals surface area contributed by atoms with Crippen LogP contribution in [0, 0.1) is 23.2 Å². The third kappa shape index (κ3) is 3.26. The highest BCUT2D eigenvalue weighted by molar-refractivity contribution is 5.94. The first-order chi connectivity index (χ1) is 12.2. The first kappa shape index (κ1) is 15.8. The van der Waals surface area contributed by atoms with Crippen LogP contribution in [0.5, 0.6) is 0 Å². The van der Waals surface area contributed by atoms with Crippen molar-refractivity contribution in [2.75, 3.05) is 26.2 Å². The van der Waals surface area contributed by atoms with E-state index >= 15 is 0 Å². The van der Waals surface area contributed by atoms with E-state index in [4.69, 9.17) is 5.26 Å². The number of fused-ring (bicyclic) bond motifs is 1. The Kier molecular flexibility index (Phi) is 4.21. The molecule has 2 saturated heterocycles. The minimum atomic E-state index is 0.0933. The van der Waals surface area contributed by atoms with E-state index < -0.39 is 0 Å². The summed E-state index contributed by atoms with van der Waals surface area (Å²) in [5.41, 5.74) is 2.57. The normalized spacial score (nSPS) is 22.6. The number of likely N-dealkylation sites (tertiary alicyclic amines) is 2. The van der Waals surface area contributed by atoms with Crippen LogP contribution in [0.15, 0.2) is 48.8 Å². The largest absolute Gasteiger partial charge is 0.338 e. The predicted molar refractivity (Wildman–Crippen MR) is 93.6 cm³/mol. The molecule has 2 atom stereocenters. The summed E-state index contributed by atoms with van der Waals surface area (Å²) >= 11 is 0. The first-order valence-corrected chi connectivity index (χ1v) is 8.63. The Morgan fingerprint density at radius 3 is 2.64 bits per heavy atom. The number of hydrogen-bond acceptors (Lipinski definition) is 4. The zero-order valence-electron chi connectivity index (χ0n) is 14.0. The Bertz CT molecular complexity index is 800. The Labute approximate surface area is 147 Å². The van der Waals surface area contributed by atoms with Crippen LogP contribution in [0.4, 0.5) is 0 Å². The van der Waals surface area contributed by atoms with Gasteiger partial charge in [0, 0.05) is 45.1 Å². The molecular formula is C20H20N4O. The number of hydrogen-bond donors (Lipinski definition) is 0. The van der Waals surface area contributed by atoms with Gasteiger partial charge in [-0.05, 0) is 41.7 Å². The molecule has 0 aliphatic carbocycles. The fourth-order valence-electron chi connectivity index (χ4n) is 4.05. The summed E-state index contributed by atoms with van der Waals surface area (Å²) in [5, 5.41) is 9.02. The maximum Gasteiger partial charge on any atom is 0.255 e. The van der Waals surface area contributed by atoms with Crippen molar-refractivity contribution in [2.45, 2.75) is 6.54 Å². The molecule has 0 N–H and O–H groups in total. The maximum atomic E-state index is 12.6. The molecule has 0 spiro atoms. The van der Waals surface area contributed by atoms with E-state index in [1.807, 2.05) is 29.2 Å². The van der Waals surface area contributed by atoms with Crippen LogP contribution in [0.1, 0.15) is 21.5 Å². The molecule has 5 heteroatoms. The second-order valence-corrected chi connectivity index (χ2v) is 6.98. The van der Waals surface area contributed by atoms with Crippen LogP contribution in [0.2, 0.25) is 0 Å². The number of carbonyl (C=O) groups is 1. The van der Waals surface area contributed by atoms with Crippen LogP contribution in [0.25, 0.3) is 0 Å². The van der Waals surface area contributed by atoms with Crippen molar-refractivity contribution in [3.63, 3.8) is 0 Å². The van der Waals surface area contributed by atoms with Gasteiger partial charge in [-0.3, -0.25) is 14.7 Å². The average Bonchev–Trinajstić information content (AvgIpc) is 3.20. The van der Waals surface area contributed by atoms with Gasteiger partial charge in [-0.2, -0.15) is 5.26 Å². The van der Waals surface area contributed by atoms with Crippen LogP contribution < -0.4 is 0 Å². The second-order valence-electron chi connectivity index (χ2n) is 6.98. The van der Waals surface area contributed by atoms with E-state index in [-0.39, 0.29) is 5.91 Å². The van der Waals surface area contributed by atoms with Crippen molar-refractivity contribution >= 4 is 5.91 Å². The maximum absolute atomic E-state index is 12.6. The molecule has 1 amide bonds. The van der Waals surface area contributed by atoms with Crippen LogP contribution in [-0.2, 0) is 6.54 Å². The van der Waals surface area contributed by atoms with E-state index in [0.717, 1.165) is 32.7 Å². The summed E-state index contributed by atoms with van der Waals surface area (Å²) in [6.07, 6.45) is 3.33. The highest BCUT2D eigenvalue weighted by Crippen LogP contribution is 2.32. The molecule has 1 aromatic carbocycles. The number of amides is 1. The molecule has 2 aliphatic rings. The number of aromatic nitrogens is 1. The predicted octanol–water partition coefficient (Wildman–Crippen LogP) is 2.16. The van der Waals surface area contributed by atoms with Crippen LogP contribution in [0.3, 0.4) is 0 Å². The third-order valence-electron chi connectivity index (χ3n) is 5.22. The van der Waals surface area contributed by atoms with E-state index in [1.165, 1.54) is 5.56 Å². The Morgan fingerprint density at radius 1 is 1.16 bits per heavy atom. The summed E-state index contributed by atoms with van der Waals surface area (Å²) in [6, 6.07) is 13.7. The van der Waals surface area contributed by atoms with E-state index in [9.17, 15) is 4.79 Å². The number of carbonyl (C=O) groups excluding carboxylic acids is 1. The molecule has 0 bridgehead atoms. The van der Waals surface area contributed by atoms with Crippen molar-refractivity contribution < 1.29 is 4.79 Å². The quantitative estimate of drug-likeness (QED) is 0.864. The number of benzene rings is 1. The molecule has 2 aromatic rings. The molecule has 25 heavy (non-hydrogen) atoms. The highest BCUT2D eigenvalue weighted by atomic mass is 16.2. The lowest BCUT2D eigenvalue weighted by Gasteiger charge is -2.21. The fourth-order valence-corrected chi connectivity index (χ4v) is 4.05. The van der Waals surface area contributed by atoms with Crippen LogP contribution in [-0.4, -0.2) is 46.9 Å². The molecular weight excluding hydrogens is 312 g/mol. The van der Waals surface area contributed by atoms with Gasteiger partial charge in [-0.1, -0.05) is 12.1 Å². The molecule has 4 rings (SSSR count). The number of pyridine rings is 1. The monoisotopic (exact) mass is 332 g/mol. The minimum absolute atomic E-state index is 0.0933. The van der Waals surface area contributed by atoms with Crippen molar-refractivity contribution in [1.82, 2.24) is 14.8 Å². The SMILES string of the molecule is N#Cc1cccc(CN2C[C@@H]3CN(C(=O)c4cccnc4)C[C@@H]3C2)c1. The summed E-state index contributed by atoms with van der Waals surface area (Å²) in [7, 11) is 0. The molecule has 0 unspecified atom stereocenters. The summed E-state index contributed by atoms with van der Waals surface area (Å²) in [4.78, 5) is 21.0. The molecule has 2 aliphatic heterocycles. The molecule has 1 aromatic heterocycles. The lowest BCUT2D eigenvalue weighted by Crippen LogP contribution is -2.33. The van der Waals surface area contributed by atoms with E-state index in [0.29, 0.717) is 23.0 Å². The zero-order chi connectivity index (χ0) is 17.2. The van der Waals surface area contributed by atoms with Gasteiger partial charge in [0.05, 0.1) is 17.2 Å².